The fourth-order valence-electron chi connectivity index (χ4n) is 8.90. The van der Waals surface area contributed by atoms with E-state index in [-0.39, 0.29) is 58.2 Å². The first-order valence-electron chi connectivity index (χ1n) is 23.9. The molecule has 1 aliphatic heterocycles. The molecule has 5 aromatic rings. The van der Waals surface area contributed by atoms with Crippen molar-refractivity contribution >= 4 is 85.6 Å². The highest BCUT2D eigenvalue weighted by Gasteiger charge is 2.50. The van der Waals surface area contributed by atoms with Crippen molar-refractivity contribution in [2.45, 2.75) is 102 Å². The Morgan fingerprint density at radius 2 is 1.51 bits per heavy atom. The Bertz CT molecular complexity index is 3230. The molecule has 26 nitrogen and oxygen atoms in total. The van der Waals surface area contributed by atoms with Gasteiger partial charge in [-0.2, -0.15) is 4.31 Å². The third-order valence-electron chi connectivity index (χ3n) is 13.3. The topological polar surface area (TPSA) is 396 Å². The van der Waals surface area contributed by atoms with Gasteiger partial charge in [0.15, 0.2) is 17.7 Å². The van der Waals surface area contributed by atoms with Crippen LogP contribution in [0, 0.1) is 5.41 Å². The molecule has 2 amide bonds. The summed E-state index contributed by atoms with van der Waals surface area (Å²) >= 11 is 0.999. The lowest BCUT2D eigenvalue weighted by Crippen LogP contribution is -2.46. The van der Waals surface area contributed by atoms with Gasteiger partial charge in [0.1, 0.15) is 42.0 Å². The van der Waals surface area contributed by atoms with Gasteiger partial charge in [-0.15, -0.1) is 0 Å². The van der Waals surface area contributed by atoms with Gasteiger partial charge in [-0.25, -0.2) is 28.6 Å². The summed E-state index contributed by atoms with van der Waals surface area (Å²) in [5.74, 6) is -1.30. The number of fused-ring (bicyclic) bond motifs is 3. The summed E-state index contributed by atoms with van der Waals surface area (Å²) < 4.78 is 62.7. The maximum atomic E-state index is 13.1. The zero-order valence-electron chi connectivity index (χ0n) is 42.6. The largest absolute Gasteiger partial charge is 0.481 e. The number of aliphatic hydroxyl groups is 2. The zero-order valence-corrected chi connectivity index (χ0v) is 46.1. The van der Waals surface area contributed by atoms with Crippen LogP contribution in [0.1, 0.15) is 99.6 Å². The number of amides is 2. The van der Waals surface area contributed by atoms with Gasteiger partial charge in [-0.1, -0.05) is 88.8 Å². The molecule has 1 saturated heterocycles. The molecule has 2 aliphatic rings. The van der Waals surface area contributed by atoms with E-state index in [4.69, 9.17) is 19.5 Å². The maximum absolute atomic E-state index is 13.1. The number of phosphoric acid groups is 3. The van der Waals surface area contributed by atoms with Gasteiger partial charge in [0.2, 0.25) is 16.9 Å². The molecule has 3 aromatic carbocycles. The van der Waals surface area contributed by atoms with E-state index < -0.39 is 84.6 Å². The summed E-state index contributed by atoms with van der Waals surface area (Å²) in [4.78, 5) is 89.9. The number of aliphatic hydroxyl groups excluding tert-OH is 2. The molecule has 7 atom stereocenters. The summed E-state index contributed by atoms with van der Waals surface area (Å²) in [5, 5.41) is 42.0. The smallest absolute Gasteiger partial charge is 0.410 e. The molecule has 0 spiro atoms. The van der Waals surface area contributed by atoms with Crippen LogP contribution in [0.25, 0.3) is 21.9 Å². The molecule has 0 radical (unpaired) electrons. The van der Waals surface area contributed by atoms with Crippen molar-refractivity contribution in [3.63, 3.8) is 0 Å². The van der Waals surface area contributed by atoms with Crippen LogP contribution in [-0.4, -0.2) is 134 Å². The van der Waals surface area contributed by atoms with Crippen LogP contribution in [0.15, 0.2) is 72.4 Å². The number of ether oxygens (including phenoxy) is 1. The van der Waals surface area contributed by atoms with Gasteiger partial charge >= 0.3 is 23.5 Å². The Balaban J connectivity index is 0.822. The van der Waals surface area contributed by atoms with Gasteiger partial charge < -0.3 is 56.1 Å². The minimum absolute atomic E-state index is 0.0226. The number of nitrogens with two attached hydrogens (primary N) is 1. The van der Waals surface area contributed by atoms with E-state index in [2.05, 4.69) is 79.4 Å². The lowest BCUT2D eigenvalue weighted by Gasteiger charge is -2.42. The molecule has 30 heteroatoms. The number of hydrogen-bond donors (Lipinski definition) is 10. The van der Waals surface area contributed by atoms with Gasteiger partial charge in [-0.3, -0.25) is 32.5 Å². The number of anilines is 1. The van der Waals surface area contributed by atoms with Crippen molar-refractivity contribution in [3.8, 4) is 0 Å². The Kier molecular flexibility index (Phi) is 18.1. The van der Waals surface area contributed by atoms with Crippen molar-refractivity contribution in [1.29, 1.82) is 0 Å². The highest BCUT2D eigenvalue weighted by atomic mass is 32.2. The third-order valence-corrected chi connectivity index (χ3v) is 17.3. The SMILES string of the molecule is CC1(C)CCC(C)(C)c2cc(/C(=N\O)c3ccc4cc(C(=O)SCCNC(=O)CCNC(=O)C(O)C(C)(C)COP(=O)(O)OP(=O)(O)OCC5OC(n6cnc7c(N)ncnc76)C(O)C5OP(=O)(O)O)ccc4c3)ccc21. The lowest BCUT2D eigenvalue weighted by molar-refractivity contribution is -0.137. The standard InChI is InChI=1S/C47H61N8O18P3S/c1-45(2)14-15-46(3,4)32-21-29(11-12-31(32)45)35(54-61)28-9-7-27-20-30(10-8-26(27)19-28)44(60)77-18-17-49-34(56)13-16-50-42(59)39(58)47(5,6)23-70-76(67,68)73-75(65,66)69-22-33-38(72-74(62,63)64)37(57)43(71-33)55-25-53-36-40(48)51-24-52-41(36)55/h7-12,19-21,24-25,33,37-39,43,57-58,61H,13-18,22-23H2,1-6H3,(H,49,56)(H,50,59)(H,65,66)(H,67,68)(H2,48,51,52)(H2,62,63,64)/b54-35-. The molecule has 7 rings (SSSR count). The molecule has 3 heterocycles. The number of nitrogen functional groups attached to an aromatic ring is 1. The first kappa shape index (κ1) is 59.6. The summed E-state index contributed by atoms with van der Waals surface area (Å²) in [6, 6.07) is 17.2. The van der Waals surface area contributed by atoms with Crippen LogP contribution in [0.5, 0.6) is 0 Å². The number of aromatic nitrogens is 4. The molecule has 0 saturated carbocycles. The van der Waals surface area contributed by atoms with Crippen LogP contribution in [0.3, 0.4) is 0 Å². The molecule has 418 valence electrons. The molecule has 1 aliphatic carbocycles. The van der Waals surface area contributed by atoms with E-state index in [1.165, 1.54) is 25.0 Å². The van der Waals surface area contributed by atoms with Gasteiger partial charge in [0.25, 0.3) is 0 Å². The summed E-state index contributed by atoms with van der Waals surface area (Å²) in [5.41, 5.74) is 9.19. The first-order valence-corrected chi connectivity index (χ1v) is 29.4. The number of imidazole rings is 1. The number of carbonyl (C=O) groups excluding carboxylic acids is 3. The molecular weight excluding hydrogens is 1090 g/mol. The number of hydrogen-bond acceptors (Lipinski definition) is 20. The Hall–Kier alpha value is -5.05. The molecule has 7 unspecified atom stereocenters. The quantitative estimate of drug-likeness (QED) is 0.0147. The van der Waals surface area contributed by atoms with Crippen molar-refractivity contribution in [1.82, 2.24) is 30.2 Å². The van der Waals surface area contributed by atoms with Gasteiger partial charge in [-0.05, 0) is 69.8 Å². The fraction of sp³-hybridized carbons (Fsp3) is 0.468. The van der Waals surface area contributed by atoms with E-state index in [1.54, 1.807) is 12.1 Å². The number of nitrogens with one attached hydrogen (secondary N) is 2. The highest BCUT2D eigenvalue weighted by molar-refractivity contribution is 8.14. The molecule has 2 aromatic heterocycles. The average molecular weight is 1150 g/mol. The van der Waals surface area contributed by atoms with Crippen LogP contribution in [0.2, 0.25) is 0 Å². The van der Waals surface area contributed by atoms with E-state index in [9.17, 15) is 63.1 Å². The predicted molar refractivity (Wildman–Crippen MR) is 280 cm³/mol. The first-order chi connectivity index (χ1) is 35.9. The van der Waals surface area contributed by atoms with Crippen molar-refractivity contribution < 1.29 is 85.7 Å². The predicted octanol–water partition coefficient (Wildman–Crippen LogP) is 4.71. The number of benzene rings is 3. The second kappa shape index (κ2) is 23.3. The van der Waals surface area contributed by atoms with Crippen LogP contribution in [0.4, 0.5) is 5.82 Å². The molecule has 1 fully saturated rings. The number of phosphoric ester groups is 3. The Morgan fingerprint density at radius 3 is 2.18 bits per heavy atom. The van der Waals surface area contributed by atoms with Gasteiger partial charge in [0.05, 0.1) is 19.5 Å². The van der Waals surface area contributed by atoms with Crippen molar-refractivity contribution in [2.75, 3.05) is 37.8 Å². The van der Waals surface area contributed by atoms with Gasteiger partial charge in [0, 0.05) is 47.4 Å². The zero-order chi connectivity index (χ0) is 56.5. The fourth-order valence-corrected chi connectivity index (χ4v) is 12.4. The Morgan fingerprint density at radius 1 is 0.883 bits per heavy atom. The maximum Gasteiger partial charge on any atom is 0.481 e. The second-order valence-electron chi connectivity index (χ2n) is 20.5. The van der Waals surface area contributed by atoms with E-state index in [1.807, 2.05) is 30.3 Å². The van der Waals surface area contributed by atoms with Crippen LogP contribution < -0.4 is 16.4 Å². The van der Waals surface area contributed by atoms with E-state index >= 15 is 0 Å². The number of thioether (sulfide) groups is 1. The number of rotatable bonds is 22. The number of nitrogens with zero attached hydrogens (tertiary/aromatic N) is 5. The lowest BCUT2D eigenvalue weighted by atomic mass is 9.63. The summed E-state index contributed by atoms with van der Waals surface area (Å²) in [6.45, 7) is 9.28. The summed E-state index contributed by atoms with van der Waals surface area (Å²) in [7, 11) is -16.5. The second-order valence-corrected chi connectivity index (χ2v) is 25.8. The van der Waals surface area contributed by atoms with Crippen molar-refractivity contribution in [2.24, 2.45) is 10.6 Å². The highest BCUT2D eigenvalue weighted by Crippen LogP contribution is 2.61. The molecular formula is C47H61N8O18P3S. The third kappa shape index (κ3) is 14.4. The molecule has 11 N–H and O–H groups in total. The minimum Gasteiger partial charge on any atom is -0.410 e. The summed E-state index contributed by atoms with van der Waals surface area (Å²) in [6.07, 6.45) is -4.96. The molecule has 0 bridgehead atoms. The van der Waals surface area contributed by atoms with Crippen molar-refractivity contribution in [3.05, 3.63) is 95.1 Å². The number of oxime groups is 1. The monoisotopic (exact) mass is 1150 g/mol. The molecule has 77 heavy (non-hydrogen) atoms. The minimum atomic E-state index is -5.61. The normalized spacial score (nSPS) is 21.5. The van der Waals surface area contributed by atoms with E-state index in [0.717, 1.165) is 58.2 Å². The number of carbonyl (C=O) groups is 3. The van der Waals surface area contributed by atoms with Crippen LogP contribution >= 0.6 is 35.2 Å². The Labute approximate surface area is 445 Å². The van der Waals surface area contributed by atoms with Crippen LogP contribution in [-0.2, 0) is 56.7 Å². The average Bonchev–Trinajstić information content (AvgIpc) is 3.96. The van der Waals surface area contributed by atoms with E-state index in [0.29, 0.717) is 16.8 Å².